The smallest absolute Gasteiger partial charge is 0.243 e. The molecule has 0 saturated carbocycles. The van der Waals surface area contributed by atoms with Crippen LogP contribution in [0.15, 0.2) is 91.3 Å². The molecule has 1 aromatic heterocycles. The summed E-state index contributed by atoms with van der Waals surface area (Å²) in [4.78, 5) is 19.2. The Bertz CT molecular complexity index is 1370. The number of nitrogens with zero attached hydrogens (tertiary/aromatic N) is 2. The van der Waals surface area contributed by atoms with Gasteiger partial charge < -0.3 is 15.1 Å². The fourth-order valence-electron chi connectivity index (χ4n) is 4.31. The summed E-state index contributed by atoms with van der Waals surface area (Å²) in [6.07, 6.45) is 2.55. The van der Waals surface area contributed by atoms with Gasteiger partial charge in [-0.15, -0.1) is 11.8 Å². The van der Waals surface area contributed by atoms with Crippen molar-refractivity contribution >= 4 is 35.0 Å². The molecule has 8 heteroatoms. The highest BCUT2D eigenvalue weighted by molar-refractivity contribution is 8.00. The van der Waals surface area contributed by atoms with Crippen LogP contribution in [0, 0.1) is 5.82 Å². The lowest BCUT2D eigenvalue weighted by Crippen LogP contribution is -2.57. The molecule has 0 unspecified atom stereocenters. The number of phenols is 1. The van der Waals surface area contributed by atoms with E-state index in [9.17, 15) is 19.4 Å². The van der Waals surface area contributed by atoms with E-state index in [1.807, 2.05) is 36.4 Å². The van der Waals surface area contributed by atoms with Gasteiger partial charge in [0, 0.05) is 34.4 Å². The van der Waals surface area contributed by atoms with Gasteiger partial charge in [0.1, 0.15) is 16.8 Å². The molecule has 36 heavy (non-hydrogen) atoms. The van der Waals surface area contributed by atoms with Crippen LogP contribution in [0.1, 0.15) is 23.3 Å². The third-order valence-corrected chi connectivity index (χ3v) is 7.83. The third kappa shape index (κ3) is 4.82. The van der Waals surface area contributed by atoms with Crippen molar-refractivity contribution in [1.82, 2.24) is 4.98 Å². The van der Waals surface area contributed by atoms with Gasteiger partial charge in [0.2, 0.25) is 5.91 Å². The lowest BCUT2D eigenvalue weighted by Gasteiger charge is -2.47. The Balaban J connectivity index is 1.38. The van der Waals surface area contributed by atoms with Crippen molar-refractivity contribution < 1.29 is 19.4 Å². The van der Waals surface area contributed by atoms with Crippen LogP contribution in [0.4, 0.5) is 10.1 Å². The molecule has 1 aliphatic heterocycles. The predicted molar refractivity (Wildman–Crippen MR) is 141 cm³/mol. The average Bonchev–Trinajstić information content (AvgIpc) is 2.89. The van der Waals surface area contributed by atoms with Crippen LogP contribution in [0.25, 0.3) is 11.1 Å². The normalized spacial score (nSPS) is 18.1. The van der Waals surface area contributed by atoms with E-state index in [4.69, 9.17) is 11.6 Å². The van der Waals surface area contributed by atoms with Crippen LogP contribution in [-0.4, -0.2) is 32.1 Å². The fraction of sp³-hybridized carbons (Fsp3) is 0.143. The molecule has 0 bridgehead atoms. The number of β-lactam (4-membered cyclic amide) rings is 1. The number of rotatable bonds is 7. The highest BCUT2D eigenvalue weighted by Gasteiger charge is 2.49. The van der Waals surface area contributed by atoms with Crippen molar-refractivity contribution in [2.24, 2.45) is 0 Å². The van der Waals surface area contributed by atoms with Crippen molar-refractivity contribution in [3.63, 3.8) is 0 Å². The first-order valence-electron chi connectivity index (χ1n) is 11.3. The summed E-state index contributed by atoms with van der Waals surface area (Å²) in [6, 6.07) is 21.9. The van der Waals surface area contributed by atoms with Crippen LogP contribution >= 0.6 is 23.4 Å². The van der Waals surface area contributed by atoms with Gasteiger partial charge in [-0.05, 0) is 59.2 Å². The van der Waals surface area contributed by atoms with E-state index in [-0.39, 0.29) is 28.5 Å². The Labute approximate surface area is 217 Å². The van der Waals surface area contributed by atoms with Crippen molar-refractivity contribution in [2.75, 3.05) is 10.7 Å². The Kier molecular flexibility index (Phi) is 6.96. The van der Waals surface area contributed by atoms with Gasteiger partial charge in [0.15, 0.2) is 0 Å². The zero-order chi connectivity index (χ0) is 25.2. The fourth-order valence-corrected chi connectivity index (χ4v) is 5.89. The summed E-state index contributed by atoms with van der Waals surface area (Å²) >= 11 is 7.43. The number of phenolic OH excluding ortho intramolecular Hbond substituents is 1. The number of benzene rings is 3. The van der Waals surface area contributed by atoms with Crippen molar-refractivity contribution in [2.45, 2.75) is 17.4 Å². The minimum atomic E-state index is -0.954. The number of carbonyl (C=O) groups excluding carboxylic acids is 1. The van der Waals surface area contributed by atoms with E-state index >= 15 is 0 Å². The maximum Gasteiger partial charge on any atom is 0.243 e. The number of amides is 1. The third-order valence-electron chi connectivity index (χ3n) is 6.18. The number of aliphatic hydroxyl groups excluding tert-OH is 1. The molecule has 5 nitrogen and oxygen atoms in total. The SMILES string of the molecule is O=C1[C@H](SC[C@@H](O)c2ccc(F)cc2Cl)[C@@H](c2ccc(O)cc2)N1c1ccc(-c2cccnc2)cc1. The molecule has 1 aliphatic rings. The lowest BCUT2D eigenvalue weighted by atomic mass is 9.92. The first-order chi connectivity index (χ1) is 17.4. The standard InChI is InChI=1S/C28H22ClFN2O3S/c29-24-14-20(30)7-12-23(24)25(34)16-36-27-26(18-5-10-22(33)11-6-18)32(28(27)35)21-8-3-17(4-9-21)19-2-1-13-31-15-19/h1-15,25-27,33-34H,16H2/t25-,26-,27-/m1/s1. The minimum Gasteiger partial charge on any atom is -0.508 e. The Morgan fingerprint density at radius 2 is 1.78 bits per heavy atom. The molecule has 1 saturated heterocycles. The second-order valence-electron chi connectivity index (χ2n) is 8.47. The van der Waals surface area contributed by atoms with Crippen molar-refractivity contribution in [3.8, 4) is 16.9 Å². The van der Waals surface area contributed by atoms with Gasteiger partial charge in [0.05, 0.1) is 12.1 Å². The van der Waals surface area contributed by atoms with E-state index in [0.717, 1.165) is 28.4 Å². The van der Waals surface area contributed by atoms with Crippen LogP contribution in [0.5, 0.6) is 5.75 Å². The Morgan fingerprint density at radius 1 is 1.03 bits per heavy atom. The van der Waals surface area contributed by atoms with E-state index < -0.39 is 17.2 Å². The minimum absolute atomic E-state index is 0.0791. The van der Waals surface area contributed by atoms with Crippen molar-refractivity contribution in [3.05, 3.63) is 113 Å². The first kappa shape index (κ1) is 24.3. The molecule has 4 aromatic rings. The maximum absolute atomic E-state index is 13.4. The highest BCUT2D eigenvalue weighted by Crippen LogP contribution is 2.46. The molecule has 0 spiro atoms. The Morgan fingerprint density at radius 3 is 2.44 bits per heavy atom. The monoisotopic (exact) mass is 520 g/mol. The van der Waals surface area contributed by atoms with Gasteiger partial charge in [-0.3, -0.25) is 9.78 Å². The molecular formula is C28H22ClFN2O3S. The van der Waals surface area contributed by atoms with Gasteiger partial charge >= 0.3 is 0 Å². The summed E-state index contributed by atoms with van der Waals surface area (Å²) < 4.78 is 13.4. The highest BCUT2D eigenvalue weighted by atomic mass is 35.5. The zero-order valence-electron chi connectivity index (χ0n) is 19.0. The van der Waals surface area contributed by atoms with Crippen LogP contribution < -0.4 is 4.90 Å². The maximum atomic E-state index is 13.4. The summed E-state index contributed by atoms with van der Waals surface area (Å²) in [5.41, 5.74) is 4.02. The van der Waals surface area contributed by atoms with Gasteiger partial charge in [-0.1, -0.05) is 48.0 Å². The molecule has 3 aromatic carbocycles. The van der Waals surface area contributed by atoms with Gasteiger partial charge in [-0.25, -0.2) is 4.39 Å². The molecular weight excluding hydrogens is 499 g/mol. The molecule has 0 radical (unpaired) electrons. The second-order valence-corrected chi connectivity index (χ2v) is 10.1. The topological polar surface area (TPSA) is 73.7 Å². The molecule has 3 atom stereocenters. The molecule has 2 heterocycles. The summed E-state index contributed by atoms with van der Waals surface area (Å²) in [5.74, 6) is -0.202. The van der Waals surface area contributed by atoms with Crippen LogP contribution in [0.3, 0.4) is 0 Å². The molecule has 1 fully saturated rings. The number of halogens is 2. The van der Waals surface area contributed by atoms with Crippen LogP contribution in [-0.2, 0) is 4.79 Å². The Hall–Kier alpha value is -3.39. The number of thioether (sulfide) groups is 1. The molecule has 1 amide bonds. The van der Waals surface area contributed by atoms with E-state index in [1.54, 1.807) is 41.6 Å². The summed E-state index contributed by atoms with van der Waals surface area (Å²) in [5, 5.41) is 20.1. The quantitative estimate of drug-likeness (QED) is 0.285. The first-order valence-corrected chi connectivity index (χ1v) is 12.7. The number of aromatic nitrogens is 1. The number of anilines is 1. The lowest BCUT2D eigenvalue weighted by molar-refractivity contribution is -0.123. The molecule has 2 N–H and O–H groups in total. The molecule has 0 aliphatic carbocycles. The molecule has 182 valence electrons. The number of aliphatic hydroxyl groups is 1. The predicted octanol–water partition coefficient (Wildman–Crippen LogP) is 6.17. The van der Waals surface area contributed by atoms with E-state index in [1.165, 1.54) is 23.9 Å². The average molecular weight is 521 g/mol. The van der Waals surface area contributed by atoms with Gasteiger partial charge in [0.25, 0.3) is 0 Å². The number of aromatic hydroxyl groups is 1. The zero-order valence-corrected chi connectivity index (χ0v) is 20.5. The van der Waals surface area contributed by atoms with Crippen LogP contribution in [0.2, 0.25) is 5.02 Å². The second kappa shape index (κ2) is 10.3. The summed E-state index contributed by atoms with van der Waals surface area (Å²) in [6.45, 7) is 0. The number of carbonyl (C=O) groups is 1. The largest absolute Gasteiger partial charge is 0.508 e. The molecule has 5 rings (SSSR count). The van der Waals surface area contributed by atoms with Gasteiger partial charge in [-0.2, -0.15) is 0 Å². The summed E-state index contributed by atoms with van der Waals surface area (Å²) in [7, 11) is 0. The number of hydrogen-bond donors (Lipinski definition) is 2. The number of hydrogen-bond acceptors (Lipinski definition) is 5. The number of pyridine rings is 1. The van der Waals surface area contributed by atoms with E-state index in [0.29, 0.717) is 5.56 Å². The van der Waals surface area contributed by atoms with Crippen molar-refractivity contribution in [1.29, 1.82) is 0 Å². The van der Waals surface area contributed by atoms with E-state index in [2.05, 4.69) is 4.98 Å².